The van der Waals surface area contributed by atoms with Crippen molar-refractivity contribution in [2.24, 2.45) is 11.1 Å². The number of carbonyl (C=O) groups is 1. The van der Waals surface area contributed by atoms with Crippen molar-refractivity contribution in [1.29, 1.82) is 0 Å². The molecule has 6 nitrogen and oxygen atoms in total. The van der Waals surface area contributed by atoms with Crippen LogP contribution in [0.25, 0.3) is 0 Å². The third kappa shape index (κ3) is 7.21. The fourth-order valence-corrected chi connectivity index (χ4v) is 3.37. The van der Waals surface area contributed by atoms with Gasteiger partial charge in [0.05, 0.1) is 18.8 Å². The van der Waals surface area contributed by atoms with Gasteiger partial charge < -0.3 is 10.5 Å². The molecule has 0 aromatic carbocycles. The van der Waals surface area contributed by atoms with E-state index in [0.29, 0.717) is 19.6 Å². The Balaban J connectivity index is 4.75. The number of nitrogens with zero attached hydrogens (tertiary/aromatic N) is 1. The van der Waals surface area contributed by atoms with E-state index in [4.69, 9.17) is 10.5 Å². The highest BCUT2D eigenvalue weighted by molar-refractivity contribution is 7.89. The lowest BCUT2D eigenvalue weighted by molar-refractivity contribution is -0.142. The van der Waals surface area contributed by atoms with Crippen LogP contribution in [0.15, 0.2) is 0 Å². The molecule has 20 heavy (non-hydrogen) atoms. The Labute approximate surface area is 122 Å². The number of carbonyl (C=O) groups excluding carboxylic acids is 1. The zero-order valence-electron chi connectivity index (χ0n) is 13.0. The summed E-state index contributed by atoms with van der Waals surface area (Å²) in [6, 6.07) is 0. The van der Waals surface area contributed by atoms with Crippen LogP contribution >= 0.6 is 0 Å². The van der Waals surface area contributed by atoms with Crippen LogP contribution in [0.2, 0.25) is 0 Å². The first-order chi connectivity index (χ1) is 9.18. The van der Waals surface area contributed by atoms with Crippen LogP contribution in [0.5, 0.6) is 0 Å². The number of sulfonamides is 1. The molecule has 0 radical (unpaired) electrons. The summed E-state index contributed by atoms with van der Waals surface area (Å²) in [5.41, 5.74) is 5.37. The lowest BCUT2D eigenvalue weighted by Crippen LogP contribution is -2.43. The quantitative estimate of drug-likeness (QED) is 0.607. The molecule has 2 N–H and O–H groups in total. The van der Waals surface area contributed by atoms with Crippen molar-refractivity contribution in [3.8, 4) is 0 Å². The topological polar surface area (TPSA) is 89.7 Å². The fourth-order valence-electron chi connectivity index (χ4n) is 1.68. The van der Waals surface area contributed by atoms with Gasteiger partial charge in [0.15, 0.2) is 0 Å². The molecule has 0 unspecified atom stereocenters. The van der Waals surface area contributed by atoms with Crippen LogP contribution in [-0.2, 0) is 19.6 Å². The van der Waals surface area contributed by atoms with Gasteiger partial charge >= 0.3 is 5.97 Å². The highest BCUT2D eigenvalue weighted by atomic mass is 32.2. The van der Waals surface area contributed by atoms with Gasteiger partial charge in [-0.3, -0.25) is 4.79 Å². The molecule has 0 aliphatic heterocycles. The van der Waals surface area contributed by atoms with E-state index in [-0.39, 0.29) is 24.2 Å². The molecule has 7 heteroatoms. The minimum Gasteiger partial charge on any atom is -0.466 e. The normalized spacial score (nSPS) is 12.7. The first-order valence-electron chi connectivity index (χ1n) is 7.02. The van der Waals surface area contributed by atoms with Gasteiger partial charge in [0.25, 0.3) is 0 Å². The molecule has 0 rings (SSSR count). The summed E-state index contributed by atoms with van der Waals surface area (Å²) in [5.74, 6) is -0.697. The Morgan fingerprint density at radius 3 is 2.35 bits per heavy atom. The smallest absolute Gasteiger partial charge is 0.306 e. The lowest BCUT2D eigenvalue weighted by atomic mass is 9.94. The number of hydrogen-bond acceptors (Lipinski definition) is 5. The fraction of sp³-hybridized carbons (Fsp3) is 0.923. The molecule has 0 saturated carbocycles. The van der Waals surface area contributed by atoms with Crippen LogP contribution in [0.1, 0.15) is 40.5 Å². The number of rotatable bonds is 10. The molecule has 0 aromatic heterocycles. The molecule has 0 atom stereocenters. The van der Waals surface area contributed by atoms with Crippen LogP contribution in [0.4, 0.5) is 0 Å². The van der Waals surface area contributed by atoms with Crippen LogP contribution in [0.3, 0.4) is 0 Å². The summed E-state index contributed by atoms with van der Waals surface area (Å²) < 4.78 is 30.8. The summed E-state index contributed by atoms with van der Waals surface area (Å²) in [6.07, 6.45) is 0.610. The van der Waals surface area contributed by atoms with Crippen LogP contribution in [0, 0.1) is 5.41 Å². The molecular formula is C13H28N2O4S. The Bertz CT molecular complexity index is 393. The van der Waals surface area contributed by atoms with E-state index in [0.717, 1.165) is 6.42 Å². The van der Waals surface area contributed by atoms with E-state index in [1.54, 1.807) is 6.92 Å². The van der Waals surface area contributed by atoms with E-state index in [1.165, 1.54) is 4.31 Å². The van der Waals surface area contributed by atoms with Crippen molar-refractivity contribution in [2.75, 3.05) is 32.0 Å². The van der Waals surface area contributed by atoms with Crippen LogP contribution in [-0.4, -0.2) is 50.7 Å². The minimum absolute atomic E-state index is 0.112. The Kier molecular flexibility index (Phi) is 8.30. The third-order valence-corrected chi connectivity index (χ3v) is 4.71. The van der Waals surface area contributed by atoms with Gasteiger partial charge in [0.2, 0.25) is 10.0 Å². The Hall–Kier alpha value is -0.660. The SMILES string of the molecule is CCCN(CC(C)(C)CN)S(=O)(=O)CCC(=O)OCC. The maximum absolute atomic E-state index is 12.3. The van der Waals surface area contributed by atoms with E-state index in [2.05, 4.69) is 0 Å². The molecular weight excluding hydrogens is 280 g/mol. The van der Waals surface area contributed by atoms with Gasteiger partial charge in [-0.25, -0.2) is 12.7 Å². The van der Waals surface area contributed by atoms with Crippen molar-refractivity contribution < 1.29 is 17.9 Å². The van der Waals surface area contributed by atoms with E-state index < -0.39 is 16.0 Å². The standard InChI is InChI=1S/C13H28N2O4S/c1-5-8-15(11-13(3,4)10-14)20(17,18)9-7-12(16)19-6-2/h5-11,14H2,1-4H3. The summed E-state index contributed by atoms with van der Waals surface area (Å²) in [4.78, 5) is 11.3. The van der Waals surface area contributed by atoms with Crippen molar-refractivity contribution >= 4 is 16.0 Å². The zero-order valence-corrected chi connectivity index (χ0v) is 13.8. The molecule has 0 aliphatic carbocycles. The molecule has 0 amide bonds. The molecule has 0 heterocycles. The predicted octanol–water partition coefficient (Wildman–Crippen LogP) is 0.966. The van der Waals surface area contributed by atoms with Crippen molar-refractivity contribution in [3.05, 3.63) is 0 Å². The molecule has 0 fully saturated rings. The van der Waals surface area contributed by atoms with Gasteiger partial charge in [0, 0.05) is 13.1 Å². The van der Waals surface area contributed by atoms with E-state index in [1.807, 2.05) is 20.8 Å². The second-order valence-electron chi connectivity index (χ2n) is 5.57. The number of hydrogen-bond donors (Lipinski definition) is 1. The molecule has 120 valence electrons. The summed E-state index contributed by atoms with van der Waals surface area (Å²) in [6.45, 7) is 8.94. The maximum atomic E-state index is 12.3. The van der Waals surface area contributed by atoms with Gasteiger partial charge in [0.1, 0.15) is 0 Å². The largest absolute Gasteiger partial charge is 0.466 e. The monoisotopic (exact) mass is 308 g/mol. The second kappa shape index (κ2) is 8.59. The van der Waals surface area contributed by atoms with Crippen molar-refractivity contribution in [2.45, 2.75) is 40.5 Å². The highest BCUT2D eigenvalue weighted by Gasteiger charge is 2.28. The van der Waals surface area contributed by atoms with E-state index in [9.17, 15) is 13.2 Å². The minimum atomic E-state index is -3.46. The Morgan fingerprint density at radius 2 is 1.90 bits per heavy atom. The first kappa shape index (κ1) is 19.3. The lowest BCUT2D eigenvalue weighted by Gasteiger charge is -2.30. The second-order valence-corrected chi connectivity index (χ2v) is 7.66. The van der Waals surface area contributed by atoms with Crippen molar-refractivity contribution in [1.82, 2.24) is 4.31 Å². The van der Waals surface area contributed by atoms with E-state index >= 15 is 0 Å². The Morgan fingerprint density at radius 1 is 1.30 bits per heavy atom. The van der Waals surface area contributed by atoms with Gasteiger partial charge in [-0.2, -0.15) is 0 Å². The first-order valence-corrected chi connectivity index (χ1v) is 8.63. The molecule has 0 bridgehead atoms. The van der Waals surface area contributed by atoms with Gasteiger partial charge in [-0.15, -0.1) is 0 Å². The number of nitrogens with two attached hydrogens (primary N) is 1. The summed E-state index contributed by atoms with van der Waals surface area (Å²) in [7, 11) is -3.46. The van der Waals surface area contributed by atoms with Gasteiger partial charge in [-0.1, -0.05) is 20.8 Å². The molecule has 0 aliphatic rings. The maximum Gasteiger partial charge on any atom is 0.306 e. The summed E-state index contributed by atoms with van der Waals surface area (Å²) >= 11 is 0. The molecule has 0 saturated heterocycles. The van der Waals surface area contributed by atoms with Gasteiger partial charge in [-0.05, 0) is 25.3 Å². The molecule has 0 spiro atoms. The zero-order chi connectivity index (χ0) is 15.8. The average Bonchev–Trinajstić information content (AvgIpc) is 2.36. The average molecular weight is 308 g/mol. The number of esters is 1. The molecule has 0 aromatic rings. The highest BCUT2D eigenvalue weighted by Crippen LogP contribution is 2.18. The third-order valence-electron chi connectivity index (χ3n) is 2.89. The van der Waals surface area contributed by atoms with Crippen molar-refractivity contribution in [3.63, 3.8) is 0 Å². The van der Waals surface area contributed by atoms with Crippen LogP contribution < -0.4 is 5.73 Å². The summed E-state index contributed by atoms with van der Waals surface area (Å²) in [5, 5.41) is 0. The number of ether oxygens (including phenoxy) is 1. The predicted molar refractivity (Wildman–Crippen MR) is 79.7 cm³/mol.